The second-order valence-electron chi connectivity index (χ2n) is 8.74. The van der Waals surface area contributed by atoms with Crippen LogP contribution in [0.3, 0.4) is 0 Å². The number of rotatable bonds is 7. The van der Waals surface area contributed by atoms with E-state index >= 15 is 0 Å². The molecule has 0 spiro atoms. The van der Waals surface area contributed by atoms with E-state index in [-0.39, 0.29) is 24.5 Å². The molecule has 3 aromatic carbocycles. The number of carbonyl (C=O) groups is 2. The van der Waals surface area contributed by atoms with Crippen LogP contribution in [0.2, 0.25) is 0 Å². The average molecular weight is 492 g/mol. The Morgan fingerprint density at radius 3 is 2.20 bits per heavy atom. The molecule has 0 aromatic heterocycles. The smallest absolute Gasteiger partial charge is 0.247 e. The van der Waals surface area contributed by atoms with Crippen molar-refractivity contribution in [2.75, 3.05) is 18.0 Å². The summed E-state index contributed by atoms with van der Waals surface area (Å²) in [5.41, 5.74) is 0.967. The van der Waals surface area contributed by atoms with Crippen molar-refractivity contribution in [3.63, 3.8) is 0 Å². The van der Waals surface area contributed by atoms with Gasteiger partial charge in [0.1, 0.15) is 5.54 Å². The molecule has 8 heteroatoms. The molecule has 0 saturated carbocycles. The van der Waals surface area contributed by atoms with Gasteiger partial charge in [-0.2, -0.15) is 4.31 Å². The fourth-order valence-electron chi connectivity index (χ4n) is 4.45. The molecule has 1 saturated heterocycles. The molecule has 3 aromatic rings. The Balaban J connectivity index is 1.74. The Kier molecular flexibility index (Phi) is 7.05. The van der Waals surface area contributed by atoms with Crippen LogP contribution < -0.4 is 10.2 Å². The first-order valence-corrected chi connectivity index (χ1v) is 13.0. The van der Waals surface area contributed by atoms with E-state index in [1.54, 1.807) is 31.2 Å². The number of nitrogens with zero attached hydrogens (tertiary/aromatic N) is 2. The summed E-state index contributed by atoms with van der Waals surface area (Å²) < 4.78 is 27.9. The molecular weight excluding hydrogens is 462 g/mol. The zero-order chi connectivity index (χ0) is 25.1. The number of benzene rings is 3. The second kappa shape index (κ2) is 10.0. The lowest BCUT2D eigenvalue weighted by atomic mass is 9.93. The monoisotopic (exact) mass is 491 g/mol. The van der Waals surface area contributed by atoms with Crippen LogP contribution in [0.4, 0.5) is 5.69 Å². The Morgan fingerprint density at radius 2 is 1.54 bits per heavy atom. The summed E-state index contributed by atoms with van der Waals surface area (Å²) in [6.07, 6.45) is 0.660. The number of amides is 2. The molecule has 1 atom stereocenters. The first kappa shape index (κ1) is 24.6. The van der Waals surface area contributed by atoms with E-state index < -0.39 is 27.4 Å². The first-order chi connectivity index (χ1) is 16.8. The molecule has 1 heterocycles. The molecule has 1 aliphatic rings. The highest BCUT2D eigenvalue weighted by molar-refractivity contribution is 7.89. The maximum absolute atomic E-state index is 13.7. The van der Waals surface area contributed by atoms with Crippen LogP contribution in [0.1, 0.15) is 25.0 Å². The molecular formula is C27H29N3O4S. The third-order valence-corrected chi connectivity index (χ3v) is 8.12. The summed E-state index contributed by atoms with van der Waals surface area (Å²) >= 11 is 0. The lowest BCUT2D eigenvalue weighted by molar-refractivity contribution is -0.133. The van der Waals surface area contributed by atoms with Crippen LogP contribution >= 0.6 is 0 Å². The highest BCUT2D eigenvalue weighted by Crippen LogP contribution is 2.34. The maximum Gasteiger partial charge on any atom is 0.247 e. The Morgan fingerprint density at radius 1 is 0.943 bits per heavy atom. The minimum Gasteiger partial charge on any atom is -0.350 e. The predicted octanol–water partition coefficient (Wildman–Crippen LogP) is 3.36. The van der Waals surface area contributed by atoms with Crippen LogP contribution in [0, 0.1) is 0 Å². The Bertz CT molecular complexity index is 1310. The zero-order valence-corrected chi connectivity index (χ0v) is 20.7. The molecule has 1 aliphatic heterocycles. The van der Waals surface area contributed by atoms with Crippen molar-refractivity contribution in [3.8, 4) is 0 Å². The van der Waals surface area contributed by atoms with Gasteiger partial charge >= 0.3 is 0 Å². The SMILES string of the molecule is CCc1ccccc1N1C(=O)CN(S(=O)(=O)c2ccccc2)C[C@@]1(C)C(=O)NCc1ccccc1. The predicted molar refractivity (Wildman–Crippen MR) is 135 cm³/mol. The summed E-state index contributed by atoms with van der Waals surface area (Å²) in [6, 6.07) is 24.8. The summed E-state index contributed by atoms with van der Waals surface area (Å²) in [5.74, 6) is -0.873. The topological polar surface area (TPSA) is 86.8 Å². The average Bonchev–Trinajstić information content (AvgIpc) is 2.88. The molecule has 0 radical (unpaired) electrons. The Hall–Kier alpha value is -3.49. The number of nitrogens with one attached hydrogen (secondary N) is 1. The third-order valence-electron chi connectivity index (χ3n) is 6.32. The van der Waals surface area contributed by atoms with Gasteiger partial charge in [-0.1, -0.05) is 73.7 Å². The Labute approximate surface area is 206 Å². The van der Waals surface area contributed by atoms with Crippen LogP contribution in [-0.4, -0.2) is 43.2 Å². The minimum absolute atomic E-state index is 0.0854. The molecule has 0 aliphatic carbocycles. The third kappa shape index (κ3) is 4.85. The molecule has 35 heavy (non-hydrogen) atoms. The van der Waals surface area contributed by atoms with E-state index in [1.165, 1.54) is 17.0 Å². The number of aryl methyl sites for hydroxylation is 1. The van der Waals surface area contributed by atoms with Gasteiger partial charge in [-0.3, -0.25) is 14.5 Å². The second-order valence-corrected chi connectivity index (χ2v) is 10.7. The molecule has 1 N–H and O–H groups in total. The largest absolute Gasteiger partial charge is 0.350 e. The van der Waals surface area contributed by atoms with Gasteiger partial charge in [-0.05, 0) is 42.7 Å². The minimum atomic E-state index is -3.98. The van der Waals surface area contributed by atoms with E-state index in [2.05, 4.69) is 5.32 Å². The van der Waals surface area contributed by atoms with Crippen molar-refractivity contribution in [3.05, 3.63) is 96.1 Å². The van der Waals surface area contributed by atoms with Gasteiger partial charge in [0.05, 0.1) is 11.4 Å². The van der Waals surface area contributed by atoms with E-state index in [1.807, 2.05) is 55.5 Å². The summed E-state index contributed by atoms with van der Waals surface area (Å²) in [7, 11) is -3.98. The molecule has 4 rings (SSSR count). The van der Waals surface area contributed by atoms with Gasteiger partial charge in [-0.15, -0.1) is 0 Å². The zero-order valence-electron chi connectivity index (χ0n) is 19.8. The van der Waals surface area contributed by atoms with Gasteiger partial charge < -0.3 is 5.32 Å². The summed E-state index contributed by atoms with van der Waals surface area (Å²) in [5, 5.41) is 2.92. The van der Waals surface area contributed by atoms with E-state index in [4.69, 9.17) is 0 Å². The lowest BCUT2D eigenvalue weighted by Gasteiger charge is -2.47. The fourth-order valence-corrected chi connectivity index (χ4v) is 5.95. The summed E-state index contributed by atoms with van der Waals surface area (Å²) in [6.45, 7) is 3.35. The molecule has 7 nitrogen and oxygen atoms in total. The summed E-state index contributed by atoms with van der Waals surface area (Å²) in [4.78, 5) is 28.9. The van der Waals surface area contributed by atoms with E-state index in [0.29, 0.717) is 12.1 Å². The van der Waals surface area contributed by atoms with Gasteiger partial charge in [0, 0.05) is 18.8 Å². The molecule has 1 fully saturated rings. The van der Waals surface area contributed by atoms with Crippen molar-refractivity contribution in [1.82, 2.24) is 9.62 Å². The number of piperazine rings is 1. The van der Waals surface area contributed by atoms with Gasteiger partial charge in [0.15, 0.2) is 0 Å². The van der Waals surface area contributed by atoms with E-state index in [9.17, 15) is 18.0 Å². The fraction of sp³-hybridized carbons (Fsp3) is 0.259. The molecule has 182 valence electrons. The molecule has 0 unspecified atom stereocenters. The van der Waals surface area contributed by atoms with Crippen molar-refractivity contribution >= 4 is 27.5 Å². The number of anilines is 1. The standard InChI is InChI=1S/C27H29N3O4S/c1-3-22-14-10-11-17-24(22)30-25(31)19-29(35(33,34)23-15-8-5-9-16-23)20-27(30,2)26(32)28-18-21-12-6-4-7-13-21/h4-17H,3,18-20H2,1-2H3,(H,28,32)/t27-/m0/s1. The van der Waals surface area contributed by atoms with Crippen LogP contribution in [0.25, 0.3) is 0 Å². The quantitative estimate of drug-likeness (QED) is 0.549. The van der Waals surface area contributed by atoms with Gasteiger partial charge in [-0.25, -0.2) is 8.42 Å². The van der Waals surface area contributed by atoms with Crippen molar-refractivity contribution in [2.45, 2.75) is 37.2 Å². The number of carbonyl (C=O) groups excluding carboxylic acids is 2. The number of hydrogen-bond acceptors (Lipinski definition) is 4. The van der Waals surface area contributed by atoms with E-state index in [0.717, 1.165) is 15.4 Å². The normalized spacial score (nSPS) is 18.9. The molecule has 2 amide bonds. The molecule has 0 bridgehead atoms. The maximum atomic E-state index is 13.7. The van der Waals surface area contributed by atoms with Crippen LogP contribution in [0.5, 0.6) is 0 Å². The van der Waals surface area contributed by atoms with Crippen LogP contribution in [-0.2, 0) is 32.6 Å². The van der Waals surface area contributed by atoms with Crippen molar-refractivity contribution in [1.29, 1.82) is 0 Å². The number of hydrogen-bond donors (Lipinski definition) is 1. The highest BCUT2D eigenvalue weighted by atomic mass is 32.2. The highest BCUT2D eigenvalue weighted by Gasteiger charge is 2.51. The van der Waals surface area contributed by atoms with Gasteiger partial charge in [0.2, 0.25) is 21.8 Å². The van der Waals surface area contributed by atoms with Crippen molar-refractivity contribution in [2.24, 2.45) is 0 Å². The van der Waals surface area contributed by atoms with Crippen LogP contribution in [0.15, 0.2) is 89.8 Å². The number of sulfonamides is 1. The number of para-hydroxylation sites is 1. The lowest BCUT2D eigenvalue weighted by Crippen LogP contribution is -2.70. The first-order valence-electron chi connectivity index (χ1n) is 11.6. The van der Waals surface area contributed by atoms with Crippen molar-refractivity contribution < 1.29 is 18.0 Å². The van der Waals surface area contributed by atoms with Gasteiger partial charge in [0.25, 0.3) is 0 Å².